The van der Waals surface area contributed by atoms with Crippen LogP contribution < -0.4 is 5.43 Å². The lowest BCUT2D eigenvalue weighted by molar-refractivity contribution is -0.137. The Kier molecular flexibility index (Phi) is 4.74. The monoisotopic (exact) mass is 344 g/mol. The summed E-state index contributed by atoms with van der Waals surface area (Å²) in [6, 6.07) is 3.83. The molecule has 0 fully saturated rings. The van der Waals surface area contributed by atoms with E-state index in [1.165, 1.54) is 10.9 Å². The lowest BCUT2D eigenvalue weighted by Crippen LogP contribution is -2.18. The van der Waals surface area contributed by atoms with Crippen LogP contribution in [0.3, 0.4) is 0 Å². The van der Waals surface area contributed by atoms with Gasteiger partial charge in [0.05, 0.1) is 23.0 Å². The van der Waals surface area contributed by atoms with Gasteiger partial charge in [0.2, 0.25) is 0 Å². The minimum Gasteiger partial charge on any atom is -0.267 e. The lowest BCUT2D eigenvalue weighted by Gasteiger charge is -2.06. The zero-order valence-corrected chi connectivity index (χ0v) is 12.9. The van der Waals surface area contributed by atoms with Gasteiger partial charge < -0.3 is 0 Å². The van der Waals surface area contributed by atoms with Crippen LogP contribution in [0.15, 0.2) is 29.4 Å². The lowest BCUT2D eigenvalue weighted by atomic mass is 10.1. The Morgan fingerprint density at radius 1 is 1.35 bits per heavy atom. The largest absolute Gasteiger partial charge is 0.416 e. The quantitative estimate of drug-likeness (QED) is 0.687. The highest BCUT2D eigenvalue weighted by Gasteiger charge is 2.30. The number of benzene rings is 1. The zero-order valence-electron chi connectivity index (χ0n) is 12.1. The van der Waals surface area contributed by atoms with Crippen LogP contribution in [-0.4, -0.2) is 21.9 Å². The molecule has 0 saturated heterocycles. The number of aryl methyl sites for hydroxylation is 2. The number of hydrazone groups is 1. The normalized spacial score (nSPS) is 11.9. The van der Waals surface area contributed by atoms with Crippen molar-refractivity contribution in [2.24, 2.45) is 12.1 Å². The molecule has 0 aliphatic carbocycles. The van der Waals surface area contributed by atoms with Gasteiger partial charge in [-0.05, 0) is 31.2 Å². The minimum atomic E-state index is -4.44. The molecule has 1 N–H and O–H groups in total. The van der Waals surface area contributed by atoms with E-state index in [9.17, 15) is 18.0 Å². The van der Waals surface area contributed by atoms with Crippen LogP contribution in [0.4, 0.5) is 13.2 Å². The van der Waals surface area contributed by atoms with Crippen molar-refractivity contribution in [2.75, 3.05) is 0 Å². The van der Waals surface area contributed by atoms with Crippen molar-refractivity contribution in [1.82, 2.24) is 15.2 Å². The number of carbonyl (C=O) groups excluding carboxylic acids is 1. The Hall–Kier alpha value is -2.35. The van der Waals surface area contributed by atoms with E-state index in [1.807, 2.05) is 0 Å². The molecule has 23 heavy (non-hydrogen) atoms. The highest BCUT2D eigenvalue weighted by atomic mass is 35.5. The second-order valence-electron chi connectivity index (χ2n) is 4.69. The Morgan fingerprint density at radius 3 is 2.43 bits per heavy atom. The van der Waals surface area contributed by atoms with Gasteiger partial charge in [0.25, 0.3) is 5.91 Å². The first-order valence-electron chi connectivity index (χ1n) is 6.40. The van der Waals surface area contributed by atoms with E-state index in [0.29, 0.717) is 16.4 Å². The molecule has 2 rings (SSSR count). The SMILES string of the molecule is Cc1nn(C)c(Cl)c1C=NNC(=O)c1ccc(C(F)(F)F)cc1. The number of aromatic nitrogens is 2. The summed E-state index contributed by atoms with van der Waals surface area (Å²) in [6.45, 7) is 1.73. The summed E-state index contributed by atoms with van der Waals surface area (Å²) in [5.41, 5.74) is 2.63. The van der Waals surface area contributed by atoms with Gasteiger partial charge in [-0.2, -0.15) is 23.4 Å². The Morgan fingerprint density at radius 2 is 1.96 bits per heavy atom. The van der Waals surface area contributed by atoms with Crippen LogP contribution in [0.5, 0.6) is 0 Å². The highest BCUT2D eigenvalue weighted by Crippen LogP contribution is 2.29. The molecule has 2 aromatic rings. The van der Waals surface area contributed by atoms with Gasteiger partial charge in [-0.1, -0.05) is 11.6 Å². The van der Waals surface area contributed by atoms with Crippen molar-refractivity contribution in [3.63, 3.8) is 0 Å². The van der Waals surface area contributed by atoms with Crippen LogP contribution >= 0.6 is 11.6 Å². The fourth-order valence-electron chi connectivity index (χ4n) is 1.82. The van der Waals surface area contributed by atoms with Crippen molar-refractivity contribution in [1.29, 1.82) is 0 Å². The van der Waals surface area contributed by atoms with Gasteiger partial charge in [0.1, 0.15) is 5.15 Å². The molecule has 0 radical (unpaired) electrons. The van der Waals surface area contributed by atoms with Crippen molar-refractivity contribution in [2.45, 2.75) is 13.1 Å². The highest BCUT2D eigenvalue weighted by molar-refractivity contribution is 6.32. The second kappa shape index (κ2) is 6.41. The van der Waals surface area contributed by atoms with Gasteiger partial charge in [-0.25, -0.2) is 5.43 Å². The van der Waals surface area contributed by atoms with Crippen LogP contribution in [0.2, 0.25) is 5.15 Å². The number of halogens is 4. The smallest absolute Gasteiger partial charge is 0.267 e. The van der Waals surface area contributed by atoms with Crippen molar-refractivity contribution >= 4 is 23.7 Å². The molecule has 122 valence electrons. The van der Waals surface area contributed by atoms with E-state index in [0.717, 1.165) is 24.3 Å². The summed E-state index contributed by atoms with van der Waals surface area (Å²) in [5.74, 6) is -0.632. The van der Waals surface area contributed by atoms with E-state index in [4.69, 9.17) is 11.6 Å². The Balaban J connectivity index is 2.06. The van der Waals surface area contributed by atoms with Crippen LogP contribution in [0.25, 0.3) is 0 Å². The van der Waals surface area contributed by atoms with E-state index < -0.39 is 17.6 Å². The molecule has 0 aliphatic heterocycles. The molecular weight excluding hydrogens is 333 g/mol. The second-order valence-corrected chi connectivity index (χ2v) is 5.05. The zero-order chi connectivity index (χ0) is 17.2. The van der Waals surface area contributed by atoms with Crippen LogP contribution in [0, 0.1) is 6.92 Å². The maximum absolute atomic E-state index is 12.4. The number of rotatable bonds is 3. The van der Waals surface area contributed by atoms with Gasteiger partial charge >= 0.3 is 6.18 Å². The maximum Gasteiger partial charge on any atom is 0.416 e. The summed E-state index contributed by atoms with van der Waals surface area (Å²) in [5, 5.41) is 8.17. The molecule has 0 saturated carbocycles. The summed E-state index contributed by atoms with van der Waals surface area (Å²) >= 11 is 6.00. The van der Waals surface area contributed by atoms with E-state index in [1.54, 1.807) is 14.0 Å². The first-order chi connectivity index (χ1) is 10.7. The van der Waals surface area contributed by atoms with Gasteiger partial charge in [-0.3, -0.25) is 9.48 Å². The molecule has 0 spiro atoms. The molecule has 1 heterocycles. The molecule has 0 bridgehead atoms. The summed E-state index contributed by atoms with van der Waals surface area (Å²) in [7, 11) is 1.66. The number of hydrogen-bond acceptors (Lipinski definition) is 3. The molecule has 0 atom stereocenters. The number of hydrogen-bond donors (Lipinski definition) is 1. The molecule has 1 aromatic carbocycles. The Bertz CT molecular complexity index is 751. The van der Waals surface area contributed by atoms with Gasteiger partial charge in [0.15, 0.2) is 0 Å². The number of alkyl halides is 3. The Labute approximate surface area is 134 Å². The topological polar surface area (TPSA) is 59.3 Å². The first-order valence-corrected chi connectivity index (χ1v) is 6.77. The van der Waals surface area contributed by atoms with Crippen molar-refractivity contribution in [3.8, 4) is 0 Å². The fraction of sp³-hybridized carbons (Fsp3) is 0.214. The first kappa shape index (κ1) is 17.0. The standard InChI is InChI=1S/C14H12ClF3N4O/c1-8-11(12(15)22(2)21-8)7-19-20-13(23)9-3-5-10(6-4-9)14(16,17)18/h3-7H,1-2H3,(H,20,23). The molecule has 9 heteroatoms. The van der Waals surface area contributed by atoms with E-state index in [2.05, 4.69) is 15.6 Å². The average Bonchev–Trinajstić information content (AvgIpc) is 2.72. The predicted octanol–water partition coefficient (Wildman–Crippen LogP) is 3.16. The third-order valence-corrected chi connectivity index (χ3v) is 3.48. The molecular formula is C14H12ClF3N4O. The van der Waals surface area contributed by atoms with E-state index >= 15 is 0 Å². The summed E-state index contributed by atoms with van der Waals surface area (Å²) in [4.78, 5) is 11.8. The molecule has 1 amide bonds. The van der Waals surface area contributed by atoms with Crippen LogP contribution in [-0.2, 0) is 13.2 Å². The van der Waals surface area contributed by atoms with E-state index in [-0.39, 0.29) is 5.56 Å². The number of amides is 1. The van der Waals surface area contributed by atoms with Crippen molar-refractivity contribution in [3.05, 3.63) is 51.8 Å². The number of carbonyl (C=O) groups is 1. The number of nitrogens with one attached hydrogen (secondary N) is 1. The third-order valence-electron chi connectivity index (χ3n) is 3.03. The average molecular weight is 345 g/mol. The predicted molar refractivity (Wildman–Crippen MR) is 79.5 cm³/mol. The molecule has 1 aromatic heterocycles. The molecule has 0 unspecified atom stereocenters. The minimum absolute atomic E-state index is 0.0594. The molecule has 0 aliphatic rings. The number of nitrogens with zero attached hydrogens (tertiary/aromatic N) is 3. The van der Waals surface area contributed by atoms with Gasteiger partial charge in [-0.15, -0.1) is 0 Å². The van der Waals surface area contributed by atoms with Crippen LogP contribution in [0.1, 0.15) is 27.2 Å². The molecule has 5 nitrogen and oxygen atoms in total. The van der Waals surface area contributed by atoms with Crippen molar-refractivity contribution < 1.29 is 18.0 Å². The fourth-order valence-corrected chi connectivity index (χ4v) is 2.05. The maximum atomic E-state index is 12.4. The third kappa shape index (κ3) is 3.89. The summed E-state index contributed by atoms with van der Waals surface area (Å²) < 4.78 is 38.8. The summed E-state index contributed by atoms with van der Waals surface area (Å²) in [6.07, 6.45) is -3.12. The van der Waals surface area contributed by atoms with Gasteiger partial charge in [0, 0.05) is 12.6 Å².